The predicted molar refractivity (Wildman–Crippen MR) is 114 cm³/mol. The van der Waals surface area contributed by atoms with E-state index in [0.29, 0.717) is 17.3 Å². The van der Waals surface area contributed by atoms with Crippen molar-refractivity contribution in [1.82, 2.24) is 15.0 Å². The number of methoxy groups -OCH3 is 1. The molecule has 7 heteroatoms. The molecule has 0 bridgehead atoms. The Morgan fingerprint density at radius 1 is 1.10 bits per heavy atom. The minimum atomic E-state index is -0.361. The summed E-state index contributed by atoms with van der Waals surface area (Å²) in [5, 5.41) is 7.71. The molecule has 2 aromatic heterocycles. The van der Waals surface area contributed by atoms with Gasteiger partial charge >= 0.3 is 5.97 Å². The zero-order valence-corrected chi connectivity index (χ0v) is 16.0. The first kappa shape index (κ1) is 18.5. The van der Waals surface area contributed by atoms with Crippen molar-refractivity contribution < 1.29 is 9.53 Å². The van der Waals surface area contributed by atoms with Crippen molar-refractivity contribution in [3.05, 3.63) is 78.1 Å². The van der Waals surface area contributed by atoms with E-state index in [1.54, 1.807) is 36.5 Å². The van der Waals surface area contributed by atoms with E-state index in [2.05, 4.69) is 37.7 Å². The van der Waals surface area contributed by atoms with Crippen LogP contribution in [-0.4, -0.2) is 34.6 Å². The molecule has 0 fully saturated rings. The number of aromatic amines is 1. The highest BCUT2D eigenvalue weighted by atomic mass is 16.5. The van der Waals surface area contributed by atoms with Gasteiger partial charge in [-0.05, 0) is 48.4 Å². The maximum absolute atomic E-state index is 11.5. The van der Waals surface area contributed by atoms with E-state index >= 15 is 0 Å². The third-order valence-electron chi connectivity index (χ3n) is 4.59. The molecule has 0 spiro atoms. The Labute approximate surface area is 168 Å². The van der Waals surface area contributed by atoms with Crippen molar-refractivity contribution in [1.29, 1.82) is 0 Å². The number of nitrogens with zero attached hydrogens (tertiary/aromatic N) is 2. The lowest BCUT2D eigenvalue weighted by atomic mass is 10.1. The van der Waals surface area contributed by atoms with Gasteiger partial charge in [0, 0.05) is 35.5 Å². The minimum Gasteiger partial charge on any atom is -0.465 e. The molecule has 29 heavy (non-hydrogen) atoms. The van der Waals surface area contributed by atoms with Crippen LogP contribution in [0.1, 0.15) is 15.9 Å². The summed E-state index contributed by atoms with van der Waals surface area (Å²) >= 11 is 0. The Kier molecular flexibility index (Phi) is 5.38. The minimum absolute atomic E-state index is 0.361. The maximum atomic E-state index is 11.5. The lowest BCUT2D eigenvalue weighted by Crippen LogP contribution is -2.08. The lowest BCUT2D eigenvalue weighted by Gasteiger charge is -2.09. The standard InChI is InChI=1S/C22H21N5O2/c1-29-21(28)15-6-8-17(9-7-15)26-20-11-13-24-22(27-20)23-12-10-16-14-25-19-5-3-2-4-18(16)19/h2-9,11,13-14,25H,10,12H2,1H3,(H2,23,24,26,27). The Morgan fingerprint density at radius 3 is 2.76 bits per heavy atom. The second-order valence-electron chi connectivity index (χ2n) is 6.50. The Balaban J connectivity index is 1.36. The summed E-state index contributed by atoms with van der Waals surface area (Å²) < 4.78 is 4.71. The van der Waals surface area contributed by atoms with Gasteiger partial charge in [-0.3, -0.25) is 0 Å². The number of benzene rings is 2. The van der Waals surface area contributed by atoms with Gasteiger partial charge in [-0.2, -0.15) is 4.98 Å². The monoisotopic (exact) mass is 387 g/mol. The molecule has 0 atom stereocenters. The number of aromatic nitrogens is 3. The summed E-state index contributed by atoms with van der Waals surface area (Å²) in [7, 11) is 1.36. The number of para-hydroxylation sites is 1. The molecule has 0 amide bonds. The molecule has 0 saturated heterocycles. The molecule has 3 N–H and O–H groups in total. The molecule has 146 valence electrons. The summed E-state index contributed by atoms with van der Waals surface area (Å²) in [6, 6.07) is 17.1. The second kappa shape index (κ2) is 8.43. The van der Waals surface area contributed by atoms with Crippen LogP contribution in [0.15, 0.2) is 67.0 Å². The van der Waals surface area contributed by atoms with E-state index in [1.165, 1.54) is 18.1 Å². The van der Waals surface area contributed by atoms with E-state index in [-0.39, 0.29) is 5.97 Å². The molecule has 0 unspecified atom stereocenters. The van der Waals surface area contributed by atoms with Gasteiger partial charge in [0.05, 0.1) is 12.7 Å². The smallest absolute Gasteiger partial charge is 0.337 e. The molecule has 0 aliphatic heterocycles. The predicted octanol–water partition coefficient (Wildman–Crippen LogP) is 4.14. The third-order valence-corrected chi connectivity index (χ3v) is 4.59. The Morgan fingerprint density at radius 2 is 1.93 bits per heavy atom. The molecule has 0 saturated carbocycles. The van der Waals surface area contributed by atoms with Crippen LogP contribution in [-0.2, 0) is 11.2 Å². The van der Waals surface area contributed by atoms with Crippen LogP contribution in [0.2, 0.25) is 0 Å². The lowest BCUT2D eigenvalue weighted by molar-refractivity contribution is 0.0601. The van der Waals surface area contributed by atoms with E-state index in [1.807, 2.05) is 18.3 Å². The number of hydrogen-bond donors (Lipinski definition) is 3. The number of rotatable bonds is 7. The van der Waals surface area contributed by atoms with Gasteiger partial charge in [-0.1, -0.05) is 18.2 Å². The largest absolute Gasteiger partial charge is 0.465 e. The van der Waals surface area contributed by atoms with Gasteiger partial charge in [0.1, 0.15) is 5.82 Å². The Hall–Kier alpha value is -3.87. The second-order valence-corrected chi connectivity index (χ2v) is 6.50. The number of carbonyl (C=O) groups excluding carboxylic acids is 1. The number of carbonyl (C=O) groups is 1. The first-order valence-corrected chi connectivity index (χ1v) is 9.30. The number of esters is 1. The fraction of sp³-hybridized carbons (Fsp3) is 0.136. The summed E-state index contributed by atoms with van der Waals surface area (Å²) in [5.74, 6) is 0.863. The average molecular weight is 387 g/mol. The summed E-state index contributed by atoms with van der Waals surface area (Å²) in [5.41, 5.74) is 3.72. The number of fused-ring (bicyclic) bond motifs is 1. The van der Waals surface area contributed by atoms with E-state index in [0.717, 1.165) is 24.2 Å². The van der Waals surface area contributed by atoms with Crippen molar-refractivity contribution in [2.24, 2.45) is 0 Å². The molecular weight excluding hydrogens is 366 g/mol. The van der Waals surface area contributed by atoms with Crippen molar-refractivity contribution in [3.8, 4) is 0 Å². The van der Waals surface area contributed by atoms with Gasteiger partial charge in [0.2, 0.25) is 5.95 Å². The highest BCUT2D eigenvalue weighted by Crippen LogP contribution is 2.19. The van der Waals surface area contributed by atoms with Gasteiger partial charge in [0.25, 0.3) is 0 Å². The Bertz CT molecular complexity index is 1120. The zero-order chi connectivity index (χ0) is 20.1. The number of nitrogens with one attached hydrogen (secondary N) is 3. The number of H-pyrrole nitrogens is 1. The maximum Gasteiger partial charge on any atom is 0.337 e. The van der Waals surface area contributed by atoms with E-state index in [9.17, 15) is 4.79 Å². The van der Waals surface area contributed by atoms with Gasteiger partial charge in [-0.25, -0.2) is 9.78 Å². The van der Waals surface area contributed by atoms with Crippen molar-refractivity contribution in [2.45, 2.75) is 6.42 Å². The number of ether oxygens (including phenoxy) is 1. The van der Waals surface area contributed by atoms with Gasteiger partial charge < -0.3 is 20.4 Å². The van der Waals surface area contributed by atoms with Crippen molar-refractivity contribution in [3.63, 3.8) is 0 Å². The van der Waals surface area contributed by atoms with Crippen molar-refractivity contribution >= 4 is 34.3 Å². The summed E-state index contributed by atoms with van der Waals surface area (Å²) in [6.07, 6.45) is 4.61. The highest BCUT2D eigenvalue weighted by Gasteiger charge is 2.06. The summed E-state index contributed by atoms with van der Waals surface area (Å²) in [4.78, 5) is 23.6. The van der Waals surface area contributed by atoms with Gasteiger partial charge in [-0.15, -0.1) is 0 Å². The van der Waals surface area contributed by atoms with Crippen LogP contribution in [0, 0.1) is 0 Å². The molecular formula is C22H21N5O2. The normalized spacial score (nSPS) is 10.7. The van der Waals surface area contributed by atoms with Crippen LogP contribution in [0.5, 0.6) is 0 Å². The SMILES string of the molecule is COC(=O)c1ccc(Nc2ccnc(NCCc3c[nH]c4ccccc34)n2)cc1. The molecule has 2 aromatic carbocycles. The van der Waals surface area contributed by atoms with Crippen molar-refractivity contribution in [2.75, 3.05) is 24.3 Å². The highest BCUT2D eigenvalue weighted by molar-refractivity contribution is 5.89. The van der Waals surface area contributed by atoms with Gasteiger partial charge in [0.15, 0.2) is 0 Å². The molecule has 4 rings (SSSR count). The number of hydrogen-bond acceptors (Lipinski definition) is 6. The molecule has 0 aliphatic rings. The summed E-state index contributed by atoms with van der Waals surface area (Å²) in [6.45, 7) is 0.721. The fourth-order valence-electron chi connectivity index (χ4n) is 3.12. The molecule has 0 aliphatic carbocycles. The first-order valence-electron chi connectivity index (χ1n) is 9.30. The fourth-order valence-corrected chi connectivity index (χ4v) is 3.12. The van der Waals surface area contributed by atoms with E-state index < -0.39 is 0 Å². The van der Waals surface area contributed by atoms with Crippen LogP contribution in [0.3, 0.4) is 0 Å². The first-order chi connectivity index (χ1) is 14.2. The molecule has 2 heterocycles. The van der Waals surface area contributed by atoms with Crippen LogP contribution in [0.25, 0.3) is 10.9 Å². The molecule has 7 nitrogen and oxygen atoms in total. The average Bonchev–Trinajstić information content (AvgIpc) is 3.17. The van der Waals surface area contributed by atoms with Crippen LogP contribution < -0.4 is 10.6 Å². The molecule has 4 aromatic rings. The quantitative estimate of drug-likeness (QED) is 0.413. The number of anilines is 3. The molecule has 0 radical (unpaired) electrons. The van der Waals surface area contributed by atoms with E-state index in [4.69, 9.17) is 4.74 Å². The third kappa shape index (κ3) is 4.35. The van der Waals surface area contributed by atoms with Crippen LogP contribution >= 0.6 is 0 Å². The van der Waals surface area contributed by atoms with Crippen LogP contribution in [0.4, 0.5) is 17.5 Å². The topological polar surface area (TPSA) is 91.9 Å². The zero-order valence-electron chi connectivity index (χ0n) is 16.0.